The Morgan fingerprint density at radius 3 is 2.64 bits per heavy atom. The summed E-state index contributed by atoms with van der Waals surface area (Å²) in [6.07, 6.45) is 3.20. The summed E-state index contributed by atoms with van der Waals surface area (Å²) in [6.45, 7) is 7.84. The first-order valence-corrected chi connectivity index (χ1v) is 8.31. The Kier molecular flexibility index (Phi) is 4.82. The minimum Gasteiger partial charge on any atom is -0.367 e. The molecule has 6 heteroatoms. The van der Waals surface area contributed by atoms with Crippen molar-refractivity contribution in [1.82, 2.24) is 4.98 Å². The SMILES string of the molecule is C=CCNc1ccc(NS(=O)(=O)c2cc(C)ccc2C)cn1. The van der Waals surface area contributed by atoms with Gasteiger partial charge in [-0.15, -0.1) is 6.58 Å². The zero-order valence-electron chi connectivity index (χ0n) is 12.6. The molecule has 0 bridgehead atoms. The number of hydrogen-bond acceptors (Lipinski definition) is 4. The minimum absolute atomic E-state index is 0.279. The van der Waals surface area contributed by atoms with Crippen LogP contribution in [-0.2, 0) is 10.0 Å². The van der Waals surface area contributed by atoms with E-state index in [4.69, 9.17) is 0 Å². The summed E-state index contributed by atoms with van der Waals surface area (Å²) in [6, 6.07) is 8.72. The van der Waals surface area contributed by atoms with Gasteiger partial charge < -0.3 is 5.32 Å². The Labute approximate surface area is 131 Å². The van der Waals surface area contributed by atoms with Gasteiger partial charge in [-0.1, -0.05) is 18.2 Å². The summed E-state index contributed by atoms with van der Waals surface area (Å²) in [4.78, 5) is 4.43. The lowest BCUT2D eigenvalue weighted by molar-refractivity contribution is 0.600. The molecule has 22 heavy (non-hydrogen) atoms. The maximum Gasteiger partial charge on any atom is 0.262 e. The third-order valence-electron chi connectivity index (χ3n) is 3.08. The molecule has 0 spiro atoms. The zero-order valence-corrected chi connectivity index (χ0v) is 13.4. The fourth-order valence-corrected chi connectivity index (χ4v) is 3.32. The number of nitrogens with zero attached hydrogens (tertiary/aromatic N) is 1. The Hall–Kier alpha value is -2.34. The lowest BCUT2D eigenvalue weighted by Gasteiger charge is -2.11. The van der Waals surface area contributed by atoms with Crippen molar-refractivity contribution < 1.29 is 8.42 Å². The molecule has 0 atom stereocenters. The largest absolute Gasteiger partial charge is 0.367 e. The number of nitrogens with one attached hydrogen (secondary N) is 2. The quantitative estimate of drug-likeness (QED) is 0.803. The molecule has 5 nitrogen and oxygen atoms in total. The Morgan fingerprint density at radius 2 is 2.00 bits per heavy atom. The second-order valence-electron chi connectivity index (χ2n) is 4.98. The van der Waals surface area contributed by atoms with E-state index in [0.717, 1.165) is 5.56 Å². The molecular formula is C16H19N3O2S. The number of rotatable bonds is 6. The maximum absolute atomic E-state index is 12.5. The molecule has 0 unspecified atom stereocenters. The molecule has 0 amide bonds. The van der Waals surface area contributed by atoms with Crippen LogP contribution < -0.4 is 10.0 Å². The summed E-state index contributed by atoms with van der Waals surface area (Å²) in [5.41, 5.74) is 2.02. The van der Waals surface area contributed by atoms with Crippen molar-refractivity contribution in [2.45, 2.75) is 18.7 Å². The number of hydrogen-bond donors (Lipinski definition) is 2. The zero-order chi connectivity index (χ0) is 16.2. The van der Waals surface area contributed by atoms with Crippen LogP contribution in [0.2, 0.25) is 0 Å². The highest BCUT2D eigenvalue weighted by Crippen LogP contribution is 2.20. The maximum atomic E-state index is 12.5. The molecule has 0 saturated heterocycles. The summed E-state index contributed by atoms with van der Waals surface area (Å²) in [5.74, 6) is 0.662. The van der Waals surface area contributed by atoms with Crippen LogP contribution in [0.3, 0.4) is 0 Å². The topological polar surface area (TPSA) is 71.1 Å². The average Bonchev–Trinajstić information content (AvgIpc) is 2.48. The standard InChI is InChI=1S/C16H19N3O2S/c1-4-9-17-16-8-7-14(11-18-16)19-22(20,21)15-10-12(2)5-6-13(15)3/h4-8,10-11,19H,1,9H2,2-3H3,(H,17,18). The highest BCUT2D eigenvalue weighted by molar-refractivity contribution is 7.92. The van der Waals surface area contributed by atoms with Gasteiger partial charge in [-0.25, -0.2) is 13.4 Å². The van der Waals surface area contributed by atoms with E-state index in [0.29, 0.717) is 23.6 Å². The molecule has 0 aliphatic heterocycles. The van der Waals surface area contributed by atoms with Crippen LogP contribution in [0.25, 0.3) is 0 Å². The molecule has 1 aromatic heterocycles. The molecule has 0 fully saturated rings. The van der Waals surface area contributed by atoms with Crippen molar-refractivity contribution in [1.29, 1.82) is 0 Å². The van der Waals surface area contributed by atoms with Crippen LogP contribution in [0.5, 0.6) is 0 Å². The first kappa shape index (κ1) is 16.0. The predicted molar refractivity (Wildman–Crippen MR) is 89.6 cm³/mol. The summed E-state index contributed by atoms with van der Waals surface area (Å²) in [5, 5.41) is 3.03. The van der Waals surface area contributed by atoms with E-state index in [1.54, 1.807) is 37.3 Å². The highest BCUT2D eigenvalue weighted by atomic mass is 32.2. The van der Waals surface area contributed by atoms with E-state index in [1.807, 2.05) is 13.0 Å². The van der Waals surface area contributed by atoms with Crippen LogP contribution in [0, 0.1) is 13.8 Å². The second kappa shape index (κ2) is 6.62. The van der Waals surface area contributed by atoms with Crippen LogP contribution in [0.4, 0.5) is 11.5 Å². The van der Waals surface area contributed by atoms with Crippen molar-refractivity contribution in [3.05, 3.63) is 60.3 Å². The number of anilines is 2. The molecule has 0 saturated carbocycles. The molecule has 0 aliphatic rings. The third kappa shape index (κ3) is 3.85. The van der Waals surface area contributed by atoms with Crippen LogP contribution >= 0.6 is 0 Å². The fraction of sp³-hybridized carbons (Fsp3) is 0.188. The van der Waals surface area contributed by atoms with Gasteiger partial charge in [0, 0.05) is 6.54 Å². The van der Waals surface area contributed by atoms with Gasteiger partial charge in [0.1, 0.15) is 5.82 Å². The monoisotopic (exact) mass is 317 g/mol. The van der Waals surface area contributed by atoms with Crippen LogP contribution in [0.1, 0.15) is 11.1 Å². The van der Waals surface area contributed by atoms with Gasteiger partial charge in [0.2, 0.25) is 0 Å². The molecule has 0 aliphatic carbocycles. The summed E-state index contributed by atoms with van der Waals surface area (Å²) >= 11 is 0. The second-order valence-corrected chi connectivity index (χ2v) is 6.63. The first-order chi connectivity index (χ1) is 10.4. The number of aromatic nitrogens is 1. The van der Waals surface area contributed by atoms with E-state index in [1.165, 1.54) is 6.20 Å². The van der Waals surface area contributed by atoms with Gasteiger partial charge >= 0.3 is 0 Å². The van der Waals surface area contributed by atoms with Gasteiger partial charge in [0.15, 0.2) is 0 Å². The summed E-state index contributed by atoms with van der Waals surface area (Å²) < 4.78 is 27.5. The first-order valence-electron chi connectivity index (χ1n) is 6.83. The Morgan fingerprint density at radius 1 is 1.23 bits per heavy atom. The molecule has 1 heterocycles. The predicted octanol–water partition coefficient (Wildman–Crippen LogP) is 3.10. The van der Waals surface area contributed by atoms with Crippen molar-refractivity contribution in [3.8, 4) is 0 Å². The molecule has 0 radical (unpaired) electrons. The normalized spacial score (nSPS) is 11.0. The molecule has 1 aromatic carbocycles. The molecule has 116 valence electrons. The smallest absolute Gasteiger partial charge is 0.262 e. The fourth-order valence-electron chi connectivity index (χ4n) is 1.94. The van der Waals surface area contributed by atoms with E-state index < -0.39 is 10.0 Å². The Bertz CT molecular complexity index is 768. The van der Waals surface area contributed by atoms with Gasteiger partial charge in [0.25, 0.3) is 10.0 Å². The van der Waals surface area contributed by atoms with E-state index >= 15 is 0 Å². The average molecular weight is 317 g/mol. The van der Waals surface area contributed by atoms with E-state index in [9.17, 15) is 8.42 Å². The van der Waals surface area contributed by atoms with Crippen molar-refractivity contribution >= 4 is 21.5 Å². The van der Waals surface area contributed by atoms with Crippen LogP contribution in [-0.4, -0.2) is 19.9 Å². The van der Waals surface area contributed by atoms with E-state index in [2.05, 4.69) is 21.6 Å². The minimum atomic E-state index is -3.62. The molecular weight excluding hydrogens is 298 g/mol. The summed E-state index contributed by atoms with van der Waals surface area (Å²) in [7, 11) is -3.62. The van der Waals surface area contributed by atoms with Gasteiger partial charge in [-0.05, 0) is 43.2 Å². The lowest BCUT2D eigenvalue weighted by atomic mass is 10.2. The molecule has 2 rings (SSSR count). The van der Waals surface area contributed by atoms with E-state index in [-0.39, 0.29) is 4.90 Å². The third-order valence-corrected chi connectivity index (χ3v) is 4.60. The Balaban J connectivity index is 2.21. The number of sulfonamides is 1. The molecule has 2 N–H and O–H groups in total. The van der Waals surface area contributed by atoms with Crippen molar-refractivity contribution in [2.24, 2.45) is 0 Å². The van der Waals surface area contributed by atoms with Gasteiger partial charge in [0.05, 0.1) is 16.8 Å². The highest BCUT2D eigenvalue weighted by Gasteiger charge is 2.17. The van der Waals surface area contributed by atoms with Crippen molar-refractivity contribution in [2.75, 3.05) is 16.6 Å². The van der Waals surface area contributed by atoms with Crippen molar-refractivity contribution in [3.63, 3.8) is 0 Å². The van der Waals surface area contributed by atoms with Gasteiger partial charge in [-0.2, -0.15) is 0 Å². The molecule has 2 aromatic rings. The lowest BCUT2D eigenvalue weighted by Crippen LogP contribution is -2.14. The number of benzene rings is 1. The van der Waals surface area contributed by atoms with Gasteiger partial charge in [-0.3, -0.25) is 4.72 Å². The number of aryl methyl sites for hydroxylation is 2. The van der Waals surface area contributed by atoms with Crippen LogP contribution in [0.15, 0.2) is 54.1 Å². The number of pyridine rings is 1.